The second-order valence-electron chi connectivity index (χ2n) is 6.43. The lowest BCUT2D eigenvalue weighted by atomic mass is 9.89. The third-order valence-electron chi connectivity index (χ3n) is 3.99. The first kappa shape index (κ1) is 21.4. The summed E-state index contributed by atoms with van der Waals surface area (Å²) in [7, 11) is 0. The molecule has 0 aromatic heterocycles. The van der Waals surface area contributed by atoms with Crippen LogP contribution in [-0.2, 0) is 9.53 Å². The molecule has 2 atom stereocenters. The van der Waals surface area contributed by atoms with E-state index in [2.05, 4.69) is 25.7 Å². The molecule has 0 spiro atoms. The van der Waals surface area contributed by atoms with Crippen LogP contribution in [-0.4, -0.2) is 36.6 Å². The Morgan fingerprint density at radius 1 is 1.05 bits per heavy atom. The highest BCUT2D eigenvalue weighted by atomic mass is 16.5. The van der Waals surface area contributed by atoms with Crippen molar-refractivity contribution in [3.05, 3.63) is 0 Å². The van der Waals surface area contributed by atoms with Crippen molar-refractivity contribution in [1.82, 2.24) is 4.90 Å². The number of ether oxygens (including phenoxy) is 1. The summed E-state index contributed by atoms with van der Waals surface area (Å²) < 4.78 is 5.58. The van der Waals surface area contributed by atoms with Crippen molar-refractivity contribution in [2.75, 3.05) is 19.6 Å². The maximum atomic E-state index is 11.8. The monoisotopic (exact) mass is 313 g/mol. The Morgan fingerprint density at radius 2 is 1.64 bits per heavy atom. The molecule has 3 nitrogen and oxygen atoms in total. The number of rotatable bonds is 3. The Labute approximate surface area is 138 Å². The molecule has 1 saturated heterocycles. The van der Waals surface area contributed by atoms with Crippen LogP contribution >= 0.6 is 0 Å². The normalized spacial score (nSPS) is 25.1. The molecule has 0 aromatic carbocycles. The fourth-order valence-electron chi connectivity index (χ4n) is 3.01. The van der Waals surface area contributed by atoms with E-state index in [-0.39, 0.29) is 12.1 Å². The Balaban J connectivity index is 0.000000789. The van der Waals surface area contributed by atoms with E-state index in [1.807, 2.05) is 13.8 Å². The second kappa shape index (κ2) is 14.0. The van der Waals surface area contributed by atoms with Gasteiger partial charge in [-0.1, -0.05) is 53.9 Å². The third kappa shape index (κ3) is 10.2. The van der Waals surface area contributed by atoms with Crippen LogP contribution in [0.2, 0.25) is 0 Å². The van der Waals surface area contributed by atoms with Gasteiger partial charge in [-0.3, -0.25) is 9.69 Å². The Bertz CT molecular complexity index is 262. The number of carbonyl (C=O) groups excluding carboxylic acids is 1. The largest absolute Gasteiger partial charge is 0.461 e. The van der Waals surface area contributed by atoms with Gasteiger partial charge in [-0.05, 0) is 51.1 Å². The van der Waals surface area contributed by atoms with Gasteiger partial charge in [-0.25, -0.2) is 0 Å². The summed E-state index contributed by atoms with van der Waals surface area (Å²) in [5, 5.41) is 0. The maximum Gasteiger partial charge on any atom is 0.320 e. The van der Waals surface area contributed by atoms with Crippen molar-refractivity contribution in [3.8, 4) is 0 Å². The topological polar surface area (TPSA) is 29.5 Å². The first-order chi connectivity index (χ1) is 10.7. The minimum atomic E-state index is -0.00833. The van der Waals surface area contributed by atoms with E-state index in [0.29, 0.717) is 6.54 Å². The Kier molecular flexibility index (Phi) is 13.7. The van der Waals surface area contributed by atoms with Gasteiger partial charge in [-0.2, -0.15) is 0 Å². The molecule has 2 unspecified atom stereocenters. The van der Waals surface area contributed by atoms with E-state index < -0.39 is 0 Å². The van der Waals surface area contributed by atoms with E-state index in [4.69, 9.17) is 4.74 Å². The minimum absolute atomic E-state index is 0.00833. The van der Waals surface area contributed by atoms with Gasteiger partial charge in [0.25, 0.3) is 0 Å². The lowest BCUT2D eigenvalue weighted by Crippen LogP contribution is -2.37. The van der Waals surface area contributed by atoms with Crippen LogP contribution in [0.1, 0.15) is 86.0 Å². The zero-order valence-electron chi connectivity index (χ0n) is 15.7. The van der Waals surface area contributed by atoms with E-state index in [0.717, 1.165) is 31.8 Å². The number of esters is 1. The predicted octanol–water partition coefficient (Wildman–Crippen LogP) is 5.04. The molecule has 2 aliphatic rings. The fourth-order valence-corrected chi connectivity index (χ4v) is 3.01. The molecule has 0 bridgehead atoms. The Hall–Kier alpha value is -0.570. The zero-order valence-corrected chi connectivity index (χ0v) is 15.7. The van der Waals surface area contributed by atoms with E-state index in [9.17, 15) is 4.79 Å². The van der Waals surface area contributed by atoms with Gasteiger partial charge in [0.05, 0.1) is 6.54 Å². The predicted molar refractivity (Wildman–Crippen MR) is 95.1 cm³/mol. The van der Waals surface area contributed by atoms with E-state index >= 15 is 0 Å². The molecule has 0 N–H and O–H groups in total. The summed E-state index contributed by atoms with van der Waals surface area (Å²) in [5.41, 5.74) is 0. The molecule has 0 amide bonds. The molecule has 1 aliphatic carbocycles. The van der Waals surface area contributed by atoms with Crippen LogP contribution in [0.3, 0.4) is 0 Å². The molecular formula is C19H39NO2. The van der Waals surface area contributed by atoms with Gasteiger partial charge in [0.15, 0.2) is 0 Å². The zero-order chi connectivity index (χ0) is 16.8. The van der Waals surface area contributed by atoms with Crippen LogP contribution in [0.15, 0.2) is 0 Å². The number of hydrogen-bond donors (Lipinski definition) is 0. The van der Waals surface area contributed by atoms with Crippen LogP contribution in [0.25, 0.3) is 0 Å². The highest BCUT2D eigenvalue weighted by Crippen LogP contribution is 2.25. The summed E-state index contributed by atoms with van der Waals surface area (Å²) >= 11 is 0. The lowest BCUT2D eigenvalue weighted by Gasteiger charge is -2.29. The quantitative estimate of drug-likeness (QED) is 0.684. The molecule has 0 aromatic rings. The van der Waals surface area contributed by atoms with Gasteiger partial charge in [0.2, 0.25) is 0 Å². The molecule has 132 valence electrons. The minimum Gasteiger partial charge on any atom is -0.461 e. The lowest BCUT2D eigenvalue weighted by molar-refractivity contribution is -0.152. The first-order valence-corrected chi connectivity index (χ1v) is 9.57. The summed E-state index contributed by atoms with van der Waals surface area (Å²) in [6.07, 6.45) is 9.84. The molecule has 1 heterocycles. The smallest absolute Gasteiger partial charge is 0.320 e. The van der Waals surface area contributed by atoms with Crippen molar-refractivity contribution in [2.24, 2.45) is 5.92 Å². The highest BCUT2D eigenvalue weighted by Gasteiger charge is 2.23. The average molecular weight is 314 g/mol. The van der Waals surface area contributed by atoms with Gasteiger partial charge >= 0.3 is 5.97 Å². The van der Waals surface area contributed by atoms with Crippen LogP contribution in [0.5, 0.6) is 0 Å². The summed E-state index contributed by atoms with van der Waals surface area (Å²) in [5.74, 6) is 0.711. The molecule has 3 heteroatoms. The van der Waals surface area contributed by atoms with Gasteiger partial charge in [0, 0.05) is 0 Å². The number of likely N-dealkylation sites (tertiary alicyclic amines) is 1. The number of hydrogen-bond acceptors (Lipinski definition) is 3. The summed E-state index contributed by atoms with van der Waals surface area (Å²) in [4.78, 5) is 14.1. The molecule has 1 aliphatic heterocycles. The first-order valence-electron chi connectivity index (χ1n) is 9.57. The standard InChI is InChI=1S/C14H25NO2.C3H8.C2H6/c1-12-6-5-7-13(10-12)17-14(16)11-15-8-3-2-4-9-15;1-3-2;1-2/h12-13H,2-11H2,1H3;3H2,1-2H3;1-2H3. The van der Waals surface area contributed by atoms with Gasteiger partial charge in [-0.15, -0.1) is 0 Å². The van der Waals surface area contributed by atoms with Crippen molar-refractivity contribution in [3.63, 3.8) is 0 Å². The van der Waals surface area contributed by atoms with Crippen LogP contribution < -0.4 is 0 Å². The number of piperidine rings is 1. The molecule has 22 heavy (non-hydrogen) atoms. The fraction of sp³-hybridized carbons (Fsp3) is 0.947. The number of carbonyl (C=O) groups is 1. The van der Waals surface area contributed by atoms with Crippen LogP contribution in [0, 0.1) is 5.92 Å². The summed E-state index contributed by atoms with van der Waals surface area (Å²) in [6.45, 7) is 13.1. The van der Waals surface area contributed by atoms with E-state index in [1.54, 1.807) is 0 Å². The van der Waals surface area contributed by atoms with Crippen molar-refractivity contribution in [2.45, 2.75) is 92.1 Å². The molecule has 2 fully saturated rings. The Morgan fingerprint density at radius 3 is 2.18 bits per heavy atom. The average Bonchev–Trinajstić information content (AvgIpc) is 2.51. The molecule has 1 saturated carbocycles. The van der Waals surface area contributed by atoms with Crippen molar-refractivity contribution < 1.29 is 9.53 Å². The van der Waals surface area contributed by atoms with Crippen molar-refractivity contribution >= 4 is 5.97 Å². The summed E-state index contributed by atoms with van der Waals surface area (Å²) in [6, 6.07) is 0. The van der Waals surface area contributed by atoms with Gasteiger partial charge in [0.1, 0.15) is 6.10 Å². The van der Waals surface area contributed by atoms with E-state index in [1.165, 1.54) is 38.5 Å². The van der Waals surface area contributed by atoms with Crippen molar-refractivity contribution in [1.29, 1.82) is 0 Å². The third-order valence-corrected chi connectivity index (χ3v) is 3.99. The SMILES string of the molecule is CC.CC1CCCC(OC(=O)CN2CCCCC2)C1.CCC. The maximum absolute atomic E-state index is 11.8. The molecule has 0 radical (unpaired) electrons. The van der Waals surface area contributed by atoms with Gasteiger partial charge < -0.3 is 4.74 Å². The van der Waals surface area contributed by atoms with Crippen LogP contribution in [0.4, 0.5) is 0 Å². The molecular weight excluding hydrogens is 274 g/mol. The molecule has 2 rings (SSSR count). The number of nitrogens with zero attached hydrogens (tertiary/aromatic N) is 1. The highest BCUT2D eigenvalue weighted by molar-refractivity contribution is 5.71. The second-order valence-corrected chi connectivity index (χ2v) is 6.43.